The van der Waals surface area contributed by atoms with Gasteiger partial charge in [-0.05, 0) is 165 Å². The number of alkyl halides is 3. The minimum Gasteiger partial charge on any atom is -0.308 e. The maximum absolute atomic E-state index is 14.2. The van der Waals surface area contributed by atoms with Crippen molar-refractivity contribution < 1.29 is 13.2 Å². The smallest absolute Gasteiger partial charge is 0.308 e. The van der Waals surface area contributed by atoms with Gasteiger partial charge in [-0.1, -0.05) is 91.0 Å². The third-order valence-electron chi connectivity index (χ3n) is 14.4. The number of nitriles is 4. The van der Waals surface area contributed by atoms with Crippen LogP contribution in [-0.2, 0) is 6.18 Å². The normalized spacial score (nSPS) is 11.2. The number of hydrogen-bond donors (Lipinski definition) is 0. The number of benzene rings is 10. The van der Waals surface area contributed by atoms with E-state index >= 15 is 0 Å². The Hall–Kier alpha value is -11.5. The molecule has 0 amide bonds. The van der Waals surface area contributed by atoms with Crippen molar-refractivity contribution in [3.05, 3.63) is 251 Å². The topological polar surface area (TPSA) is 114 Å². The highest BCUT2D eigenvalue weighted by atomic mass is 19.4. The monoisotopic (exact) mass is 1010 g/mol. The molecule has 0 atom stereocenters. The van der Waals surface area contributed by atoms with Gasteiger partial charge in [0.05, 0.1) is 98.7 Å². The van der Waals surface area contributed by atoms with E-state index in [0.29, 0.717) is 33.8 Å². The molecule has 11 heteroatoms. The van der Waals surface area contributed by atoms with E-state index in [-0.39, 0.29) is 22.4 Å². The van der Waals surface area contributed by atoms with Crippen LogP contribution >= 0.6 is 0 Å². The highest BCUT2D eigenvalue weighted by molar-refractivity contribution is 6.14. The van der Waals surface area contributed by atoms with Gasteiger partial charge in [0.15, 0.2) is 11.4 Å². The Bertz CT molecular complexity index is 4520. The fraction of sp³-hybridized carbons (Fsp3) is 0.0149. The molecule has 0 bridgehead atoms. The van der Waals surface area contributed by atoms with E-state index in [1.807, 2.05) is 103 Å². The Balaban J connectivity index is 1.20. The Morgan fingerprint density at radius 3 is 1.05 bits per heavy atom. The minimum absolute atomic E-state index is 0.0951. The van der Waals surface area contributed by atoms with Crippen LogP contribution in [0.5, 0.6) is 0 Å². The molecule has 0 unspecified atom stereocenters. The van der Waals surface area contributed by atoms with Crippen LogP contribution in [0.1, 0.15) is 27.8 Å². The lowest BCUT2D eigenvalue weighted by molar-refractivity contribution is -0.137. The Morgan fingerprint density at radius 2 is 0.718 bits per heavy atom. The molecule has 78 heavy (non-hydrogen) atoms. The predicted molar refractivity (Wildman–Crippen MR) is 299 cm³/mol. The lowest BCUT2D eigenvalue weighted by Gasteiger charge is -2.20. The SMILES string of the molecule is [C-]#[N+]c1ccc(-c2ccc3c(c2)c2cc(-c4ccc(C#N)cc4)ccc2n3-c2cc([N+]#[C-])c(-c3ccc(C(F)(F)F)cc3C#N)cc2-n2c3ccc(-c4ccc(C#N)cc4)cc3c3cc(-c4ccc(C#N)cc4)ccc32)cc1. The van der Waals surface area contributed by atoms with Crippen molar-refractivity contribution in [2.24, 2.45) is 0 Å². The number of nitrogens with zero attached hydrogens (tertiary/aromatic N) is 8. The summed E-state index contributed by atoms with van der Waals surface area (Å²) in [7, 11) is 0. The molecule has 0 N–H and O–H groups in total. The zero-order chi connectivity index (χ0) is 53.8. The Kier molecular flexibility index (Phi) is 11.4. The molecule has 362 valence electrons. The summed E-state index contributed by atoms with van der Waals surface area (Å²) >= 11 is 0. The molecule has 0 radical (unpaired) electrons. The first-order valence-corrected chi connectivity index (χ1v) is 24.3. The van der Waals surface area contributed by atoms with Crippen LogP contribution in [0.2, 0.25) is 0 Å². The fourth-order valence-corrected chi connectivity index (χ4v) is 10.5. The molecule has 0 spiro atoms. The van der Waals surface area contributed by atoms with Crippen LogP contribution < -0.4 is 0 Å². The number of rotatable bonds is 7. The molecule has 0 aliphatic carbocycles. The third-order valence-corrected chi connectivity index (χ3v) is 14.4. The minimum atomic E-state index is -4.73. The summed E-state index contributed by atoms with van der Waals surface area (Å²) in [5.74, 6) is 0. The van der Waals surface area contributed by atoms with Crippen molar-refractivity contribution in [3.8, 4) is 91.3 Å². The molecule has 0 saturated heterocycles. The molecule has 0 aliphatic rings. The highest BCUT2D eigenvalue weighted by Crippen LogP contribution is 2.47. The second-order valence-electron chi connectivity index (χ2n) is 18.7. The molecule has 0 fully saturated rings. The Morgan fingerprint density at radius 1 is 0.359 bits per heavy atom. The molecule has 8 nitrogen and oxygen atoms in total. The van der Waals surface area contributed by atoms with Gasteiger partial charge in [-0.2, -0.15) is 34.2 Å². The standard InChI is InChI=1S/C67H33F3N8/c1-75-53-22-15-46(16-23-53)50-20-28-64-59(33-50)58-32-49(45-13-7-42(38-73)8-14-45)19-27-63(58)78(64)66-35-60(76-2)55(54-24-21-52(67(68,69)70)29-51(54)39-74)34-65(66)77-61-25-17-47(43-9-3-40(36-71)4-10-43)30-56(61)57-31-48(18-26-62(57)77)44-11-5-41(37-72)6-12-44/h3-35H. The van der Waals surface area contributed by atoms with Crippen LogP contribution in [0, 0.1) is 58.5 Å². The lowest BCUT2D eigenvalue weighted by Crippen LogP contribution is -2.06. The summed E-state index contributed by atoms with van der Waals surface area (Å²) < 4.78 is 46.9. The third kappa shape index (κ3) is 8.08. The average Bonchev–Trinajstić information content (AvgIpc) is 4.20. The van der Waals surface area contributed by atoms with E-state index < -0.39 is 11.7 Å². The zero-order valence-corrected chi connectivity index (χ0v) is 40.8. The molecular weight excluding hydrogens is 974 g/mol. The van der Waals surface area contributed by atoms with Gasteiger partial charge in [0.2, 0.25) is 0 Å². The van der Waals surface area contributed by atoms with E-state index in [1.54, 1.807) is 60.7 Å². The summed E-state index contributed by atoms with van der Waals surface area (Å²) in [6.45, 7) is 16.2. The summed E-state index contributed by atoms with van der Waals surface area (Å²) in [5, 5.41) is 42.8. The van der Waals surface area contributed by atoms with Gasteiger partial charge in [-0.3, -0.25) is 0 Å². The van der Waals surface area contributed by atoms with Crippen molar-refractivity contribution in [1.29, 1.82) is 21.0 Å². The number of aromatic nitrogens is 2. The van der Waals surface area contributed by atoms with Crippen molar-refractivity contribution in [2.75, 3.05) is 0 Å². The molecule has 0 saturated carbocycles. The molecule has 12 rings (SSSR count). The van der Waals surface area contributed by atoms with E-state index in [2.05, 4.69) is 61.3 Å². The molecule has 12 aromatic rings. The van der Waals surface area contributed by atoms with Crippen LogP contribution in [-0.4, -0.2) is 9.13 Å². The van der Waals surface area contributed by atoms with Crippen molar-refractivity contribution >= 4 is 55.0 Å². The zero-order valence-electron chi connectivity index (χ0n) is 40.8. The maximum atomic E-state index is 14.2. The second-order valence-corrected chi connectivity index (χ2v) is 18.7. The van der Waals surface area contributed by atoms with Gasteiger partial charge < -0.3 is 9.13 Å². The van der Waals surface area contributed by atoms with E-state index in [9.17, 15) is 34.2 Å². The predicted octanol–water partition coefficient (Wildman–Crippen LogP) is 17.8. The summed E-state index contributed by atoms with van der Waals surface area (Å²) in [4.78, 5) is 7.62. The van der Waals surface area contributed by atoms with Crippen LogP contribution in [0.25, 0.3) is 120 Å². The van der Waals surface area contributed by atoms with Crippen LogP contribution in [0.3, 0.4) is 0 Å². The van der Waals surface area contributed by atoms with E-state index in [1.165, 1.54) is 6.07 Å². The molecule has 2 heterocycles. The number of hydrogen-bond acceptors (Lipinski definition) is 4. The molecule has 2 aromatic heterocycles. The van der Waals surface area contributed by atoms with Crippen LogP contribution in [0.4, 0.5) is 24.5 Å². The first-order chi connectivity index (χ1) is 38.0. The van der Waals surface area contributed by atoms with Gasteiger partial charge in [0, 0.05) is 21.5 Å². The first-order valence-electron chi connectivity index (χ1n) is 24.3. The lowest BCUT2D eigenvalue weighted by atomic mass is 9.95. The first kappa shape index (κ1) is 47.5. The molecular formula is C67H33F3N8. The van der Waals surface area contributed by atoms with Gasteiger partial charge in [-0.25, -0.2) is 9.69 Å². The van der Waals surface area contributed by atoms with Crippen molar-refractivity contribution in [1.82, 2.24) is 9.13 Å². The van der Waals surface area contributed by atoms with Gasteiger partial charge >= 0.3 is 6.18 Å². The van der Waals surface area contributed by atoms with Gasteiger partial charge in [0.25, 0.3) is 0 Å². The highest BCUT2D eigenvalue weighted by Gasteiger charge is 2.32. The Labute approximate surface area is 444 Å². The van der Waals surface area contributed by atoms with Gasteiger partial charge in [-0.15, -0.1) is 0 Å². The van der Waals surface area contributed by atoms with Crippen molar-refractivity contribution in [2.45, 2.75) is 6.18 Å². The summed E-state index contributed by atoms with van der Waals surface area (Å²) in [6, 6.07) is 68.9. The summed E-state index contributed by atoms with van der Waals surface area (Å²) in [6.07, 6.45) is -4.73. The quantitative estimate of drug-likeness (QED) is 0.148. The van der Waals surface area contributed by atoms with Gasteiger partial charge in [0.1, 0.15) is 0 Å². The molecule has 0 aliphatic heterocycles. The number of halogens is 3. The largest absolute Gasteiger partial charge is 0.416 e. The van der Waals surface area contributed by atoms with Crippen molar-refractivity contribution in [3.63, 3.8) is 0 Å². The average molecular weight is 1010 g/mol. The fourth-order valence-electron chi connectivity index (χ4n) is 10.5. The number of fused-ring (bicyclic) bond motifs is 6. The van der Waals surface area contributed by atoms with E-state index in [4.69, 9.17) is 13.1 Å². The summed E-state index contributed by atoms with van der Waals surface area (Å²) in [5.41, 5.74) is 12.6. The van der Waals surface area contributed by atoms with Crippen LogP contribution in [0.15, 0.2) is 200 Å². The second kappa shape index (κ2) is 18.8. The molecule has 10 aromatic carbocycles. The maximum Gasteiger partial charge on any atom is 0.416 e. The van der Waals surface area contributed by atoms with E-state index in [0.717, 1.165) is 100 Å².